The molecule has 0 atom stereocenters. The number of aromatic nitrogens is 1. The zero-order chi connectivity index (χ0) is 10.8. The van der Waals surface area contributed by atoms with Crippen molar-refractivity contribution in [3.8, 4) is 5.75 Å². The minimum atomic E-state index is -4.49. The van der Waals surface area contributed by atoms with Crippen molar-refractivity contribution in [2.24, 2.45) is 0 Å². The topological polar surface area (TPSA) is 22.1 Å². The van der Waals surface area contributed by atoms with Gasteiger partial charge in [-0.2, -0.15) is 13.2 Å². The average molecular weight is 321 g/mol. The van der Waals surface area contributed by atoms with Crippen molar-refractivity contribution in [1.29, 1.82) is 0 Å². The Hall–Kier alpha value is -0.600. The lowest BCUT2D eigenvalue weighted by Crippen LogP contribution is -2.08. The Morgan fingerprint density at radius 2 is 2.07 bits per heavy atom. The van der Waals surface area contributed by atoms with Gasteiger partial charge < -0.3 is 4.74 Å². The Morgan fingerprint density at radius 1 is 1.43 bits per heavy atom. The predicted molar refractivity (Wildman–Crippen MR) is 48.6 cm³/mol. The van der Waals surface area contributed by atoms with Crippen LogP contribution in [0.15, 0.2) is 12.3 Å². The van der Waals surface area contributed by atoms with Gasteiger partial charge in [-0.15, -0.1) is 0 Å². The fourth-order valence-electron chi connectivity index (χ4n) is 0.738. The number of alkyl halides is 4. The molecule has 0 fully saturated rings. The molecule has 0 bridgehead atoms. The molecule has 7 heteroatoms. The maximum Gasteiger partial charge on any atom is 0.433 e. The van der Waals surface area contributed by atoms with Crippen LogP contribution in [0.4, 0.5) is 17.6 Å². The molecule has 0 aliphatic carbocycles. The van der Waals surface area contributed by atoms with Gasteiger partial charge in [0.2, 0.25) is 6.86 Å². The third-order valence-corrected chi connectivity index (χ3v) is 2.16. The molecule has 1 heterocycles. The highest BCUT2D eigenvalue weighted by Crippen LogP contribution is 2.30. The summed E-state index contributed by atoms with van der Waals surface area (Å²) in [6.07, 6.45) is -3.64. The van der Waals surface area contributed by atoms with Crippen molar-refractivity contribution < 1.29 is 22.3 Å². The van der Waals surface area contributed by atoms with Gasteiger partial charge in [0.15, 0.2) is 5.75 Å². The molecular formula is C7H4F4INO. The van der Waals surface area contributed by atoms with Gasteiger partial charge >= 0.3 is 6.18 Å². The summed E-state index contributed by atoms with van der Waals surface area (Å²) in [5.41, 5.74) is -1.02. The molecular weight excluding hydrogens is 317 g/mol. The van der Waals surface area contributed by atoms with Gasteiger partial charge in [0.1, 0.15) is 5.69 Å². The molecule has 0 N–H and O–H groups in total. The molecule has 0 radical (unpaired) electrons. The van der Waals surface area contributed by atoms with E-state index in [1.165, 1.54) is 0 Å². The van der Waals surface area contributed by atoms with Crippen molar-refractivity contribution in [2.45, 2.75) is 6.18 Å². The van der Waals surface area contributed by atoms with E-state index in [4.69, 9.17) is 0 Å². The van der Waals surface area contributed by atoms with E-state index in [-0.39, 0.29) is 9.32 Å². The Labute approximate surface area is 90.4 Å². The van der Waals surface area contributed by atoms with Crippen LogP contribution >= 0.6 is 22.6 Å². The molecule has 0 unspecified atom stereocenters. The quantitative estimate of drug-likeness (QED) is 0.617. The zero-order valence-electron chi connectivity index (χ0n) is 6.61. The first-order valence-electron chi connectivity index (χ1n) is 3.36. The highest BCUT2D eigenvalue weighted by Gasteiger charge is 2.32. The maximum absolute atomic E-state index is 12.1. The molecule has 1 rings (SSSR count). The van der Waals surface area contributed by atoms with E-state index < -0.39 is 18.7 Å². The number of hydrogen-bond donors (Lipinski definition) is 0. The lowest BCUT2D eigenvalue weighted by molar-refractivity contribution is -0.141. The summed E-state index contributed by atoms with van der Waals surface area (Å²) in [5, 5.41) is 0. The largest absolute Gasteiger partial charge is 0.460 e. The van der Waals surface area contributed by atoms with Crippen LogP contribution in [-0.4, -0.2) is 11.8 Å². The van der Waals surface area contributed by atoms with E-state index in [1.807, 2.05) is 0 Å². The summed E-state index contributed by atoms with van der Waals surface area (Å²) in [7, 11) is 0. The first kappa shape index (κ1) is 11.5. The van der Waals surface area contributed by atoms with Gasteiger partial charge in [0, 0.05) is 0 Å². The minimum Gasteiger partial charge on any atom is -0.460 e. The molecule has 1 aromatic rings. The molecule has 0 spiro atoms. The Kier molecular flexibility index (Phi) is 3.51. The van der Waals surface area contributed by atoms with Gasteiger partial charge in [-0.25, -0.2) is 9.37 Å². The lowest BCUT2D eigenvalue weighted by Gasteiger charge is -2.08. The van der Waals surface area contributed by atoms with Crippen LogP contribution in [0.3, 0.4) is 0 Å². The van der Waals surface area contributed by atoms with Crippen molar-refractivity contribution in [2.75, 3.05) is 6.86 Å². The molecule has 78 valence electrons. The molecule has 2 nitrogen and oxygen atoms in total. The lowest BCUT2D eigenvalue weighted by atomic mass is 10.3. The van der Waals surface area contributed by atoms with E-state index in [2.05, 4.69) is 9.72 Å². The van der Waals surface area contributed by atoms with E-state index in [9.17, 15) is 17.6 Å². The van der Waals surface area contributed by atoms with Gasteiger partial charge in [-0.1, -0.05) is 0 Å². The maximum atomic E-state index is 12.1. The molecule has 0 aromatic carbocycles. The zero-order valence-corrected chi connectivity index (χ0v) is 8.76. The van der Waals surface area contributed by atoms with Gasteiger partial charge in [-0.05, 0) is 28.7 Å². The smallest absolute Gasteiger partial charge is 0.433 e. The average Bonchev–Trinajstić information content (AvgIpc) is 2.07. The SMILES string of the molecule is FCOc1cnc(C(F)(F)F)cc1I. The van der Waals surface area contributed by atoms with Crippen LogP contribution < -0.4 is 4.74 Å². The van der Waals surface area contributed by atoms with Crippen LogP contribution in [-0.2, 0) is 6.18 Å². The summed E-state index contributed by atoms with van der Waals surface area (Å²) >= 11 is 1.62. The first-order valence-corrected chi connectivity index (χ1v) is 4.44. The summed E-state index contributed by atoms with van der Waals surface area (Å²) in [4.78, 5) is 3.11. The highest BCUT2D eigenvalue weighted by molar-refractivity contribution is 14.1. The molecule has 1 aromatic heterocycles. The second-order valence-electron chi connectivity index (χ2n) is 2.25. The van der Waals surface area contributed by atoms with E-state index in [0.717, 1.165) is 12.3 Å². The molecule has 0 saturated heterocycles. The van der Waals surface area contributed by atoms with Gasteiger partial charge in [0.05, 0.1) is 9.77 Å². The Morgan fingerprint density at radius 3 is 2.50 bits per heavy atom. The van der Waals surface area contributed by atoms with Gasteiger partial charge in [-0.3, -0.25) is 0 Å². The number of hydrogen-bond acceptors (Lipinski definition) is 2. The second kappa shape index (κ2) is 4.28. The molecule has 0 amide bonds. The van der Waals surface area contributed by atoms with Crippen molar-refractivity contribution >= 4 is 22.6 Å². The standard InChI is InChI=1S/C7H4F4INO/c8-3-14-5-2-13-6(1-4(5)12)7(9,10)11/h1-2H,3H2. The minimum absolute atomic E-state index is 0.00102. The summed E-state index contributed by atoms with van der Waals surface area (Å²) in [6, 6.07) is 0.797. The fourth-order valence-corrected chi connectivity index (χ4v) is 1.33. The van der Waals surface area contributed by atoms with Crippen LogP contribution in [0.25, 0.3) is 0 Å². The molecule has 0 aliphatic rings. The third-order valence-electron chi connectivity index (χ3n) is 1.32. The molecule has 14 heavy (non-hydrogen) atoms. The fraction of sp³-hybridized carbons (Fsp3) is 0.286. The van der Waals surface area contributed by atoms with Crippen LogP contribution in [0.1, 0.15) is 5.69 Å². The second-order valence-corrected chi connectivity index (χ2v) is 3.41. The predicted octanol–water partition coefficient (Wildman–Crippen LogP) is 3.01. The summed E-state index contributed by atoms with van der Waals surface area (Å²) in [5.74, 6) is 0.00102. The molecule has 0 saturated carbocycles. The van der Waals surface area contributed by atoms with Crippen LogP contribution in [0.5, 0.6) is 5.75 Å². The highest BCUT2D eigenvalue weighted by atomic mass is 127. The molecule has 0 aliphatic heterocycles. The van der Waals surface area contributed by atoms with Crippen molar-refractivity contribution in [3.05, 3.63) is 21.5 Å². The number of pyridine rings is 1. The first-order chi connectivity index (χ1) is 6.45. The van der Waals surface area contributed by atoms with Crippen molar-refractivity contribution in [1.82, 2.24) is 4.98 Å². The number of ether oxygens (including phenoxy) is 1. The Bertz CT molecular complexity index is 328. The Balaban J connectivity index is 3.01. The van der Waals surface area contributed by atoms with Crippen LogP contribution in [0.2, 0.25) is 0 Å². The van der Waals surface area contributed by atoms with E-state index in [0.29, 0.717) is 0 Å². The van der Waals surface area contributed by atoms with Crippen molar-refractivity contribution in [3.63, 3.8) is 0 Å². The number of rotatable bonds is 2. The number of halogens is 5. The van der Waals surface area contributed by atoms with Crippen LogP contribution in [0, 0.1) is 3.57 Å². The summed E-state index contributed by atoms with van der Waals surface area (Å²) < 4.78 is 52.6. The number of nitrogens with zero attached hydrogens (tertiary/aromatic N) is 1. The monoisotopic (exact) mass is 321 g/mol. The normalized spacial score (nSPS) is 11.5. The summed E-state index contributed by atoms with van der Waals surface area (Å²) in [6.45, 7) is -1.09. The van der Waals surface area contributed by atoms with E-state index >= 15 is 0 Å². The van der Waals surface area contributed by atoms with E-state index in [1.54, 1.807) is 22.6 Å². The van der Waals surface area contributed by atoms with Gasteiger partial charge in [0.25, 0.3) is 0 Å². The third kappa shape index (κ3) is 2.69.